The zero-order valence-corrected chi connectivity index (χ0v) is 18.5. The summed E-state index contributed by atoms with van der Waals surface area (Å²) in [5, 5.41) is 13.8. The number of ether oxygens (including phenoxy) is 4. The molecule has 2 amide bonds. The molecule has 0 radical (unpaired) electrons. The van der Waals surface area contributed by atoms with Gasteiger partial charge in [-0.1, -0.05) is 0 Å². The van der Waals surface area contributed by atoms with Gasteiger partial charge in [-0.3, -0.25) is 9.59 Å². The van der Waals surface area contributed by atoms with Crippen LogP contribution in [0, 0.1) is 0 Å². The van der Waals surface area contributed by atoms with Gasteiger partial charge in [0, 0.05) is 36.0 Å². The highest BCUT2D eigenvalue weighted by molar-refractivity contribution is 6.05. The van der Waals surface area contributed by atoms with Crippen molar-refractivity contribution in [2.45, 2.75) is 0 Å². The fourth-order valence-corrected chi connectivity index (χ4v) is 2.74. The van der Waals surface area contributed by atoms with Gasteiger partial charge in [0.15, 0.2) is 0 Å². The van der Waals surface area contributed by atoms with Gasteiger partial charge in [-0.25, -0.2) is 4.79 Å². The normalized spacial score (nSPS) is 10.7. The lowest BCUT2D eigenvalue weighted by Crippen LogP contribution is -2.12. The summed E-state index contributed by atoms with van der Waals surface area (Å²) in [6.07, 6.45) is 4.41. The van der Waals surface area contributed by atoms with Crippen LogP contribution in [-0.2, 0) is 14.4 Å². The zero-order chi connectivity index (χ0) is 24.4. The molecular formula is C23H24N2O8. The molecule has 0 aliphatic rings. The number of nitrogens with one attached hydrogen (secondary N) is 2. The molecule has 0 atom stereocenters. The number of methoxy groups -OCH3 is 4. The van der Waals surface area contributed by atoms with Crippen LogP contribution in [0.5, 0.6) is 23.0 Å². The van der Waals surface area contributed by atoms with Gasteiger partial charge in [-0.15, -0.1) is 0 Å². The Kier molecular flexibility index (Phi) is 8.86. The summed E-state index contributed by atoms with van der Waals surface area (Å²) in [7, 11) is 5.91. The fourth-order valence-electron chi connectivity index (χ4n) is 2.74. The van der Waals surface area contributed by atoms with Gasteiger partial charge >= 0.3 is 5.97 Å². The van der Waals surface area contributed by atoms with E-state index < -0.39 is 17.8 Å². The molecule has 2 aromatic rings. The second-order valence-corrected chi connectivity index (χ2v) is 6.34. The lowest BCUT2D eigenvalue weighted by Gasteiger charge is -2.13. The second-order valence-electron chi connectivity index (χ2n) is 6.34. The highest BCUT2D eigenvalue weighted by Gasteiger charge is 2.12. The Hall–Kier alpha value is -4.47. The molecule has 2 aromatic carbocycles. The third-order valence-electron chi connectivity index (χ3n) is 4.26. The standard InChI is InChI=1S/C23H24N2O8/c1-30-15-12-19(32-3)16(20(13-15)33-4)6-8-21(26)24-14-5-7-18(31-2)17(11-14)25-22(27)9-10-23(28)29/h5-13H,1-4H3,(H,24,26)(H,25,27)(H,28,29)/b8-6+,10-9-. The van der Waals surface area contributed by atoms with Crippen LogP contribution in [-0.4, -0.2) is 51.3 Å². The first-order chi connectivity index (χ1) is 15.8. The van der Waals surface area contributed by atoms with E-state index in [0.717, 1.165) is 6.08 Å². The van der Waals surface area contributed by atoms with Crippen molar-refractivity contribution in [2.24, 2.45) is 0 Å². The number of hydrogen-bond acceptors (Lipinski definition) is 7. The van der Waals surface area contributed by atoms with Gasteiger partial charge in [-0.05, 0) is 24.3 Å². The quantitative estimate of drug-likeness (QED) is 0.465. The highest BCUT2D eigenvalue weighted by Crippen LogP contribution is 2.35. The number of rotatable bonds is 10. The molecular weight excluding hydrogens is 432 g/mol. The molecule has 0 aliphatic carbocycles. The van der Waals surface area contributed by atoms with E-state index in [1.54, 1.807) is 24.3 Å². The minimum atomic E-state index is -1.25. The van der Waals surface area contributed by atoms with Crippen molar-refractivity contribution in [3.63, 3.8) is 0 Å². The average Bonchev–Trinajstić information content (AvgIpc) is 2.81. The van der Waals surface area contributed by atoms with Crippen LogP contribution in [0.15, 0.2) is 48.6 Å². The topological polar surface area (TPSA) is 132 Å². The molecule has 0 fully saturated rings. The van der Waals surface area contributed by atoms with Crippen LogP contribution in [0.2, 0.25) is 0 Å². The van der Waals surface area contributed by atoms with Gasteiger partial charge < -0.3 is 34.7 Å². The van der Waals surface area contributed by atoms with E-state index in [9.17, 15) is 14.4 Å². The Morgan fingerprint density at radius 1 is 0.758 bits per heavy atom. The Labute approximate surface area is 190 Å². The molecule has 2 rings (SSSR count). The third kappa shape index (κ3) is 7.03. The van der Waals surface area contributed by atoms with Crippen molar-refractivity contribution in [3.8, 4) is 23.0 Å². The number of carbonyl (C=O) groups excluding carboxylic acids is 2. The van der Waals surface area contributed by atoms with E-state index >= 15 is 0 Å². The van der Waals surface area contributed by atoms with E-state index in [-0.39, 0.29) is 5.69 Å². The number of carboxylic acids is 1. The molecule has 0 aliphatic heterocycles. The lowest BCUT2D eigenvalue weighted by molar-refractivity contribution is -0.131. The number of anilines is 2. The summed E-state index contributed by atoms with van der Waals surface area (Å²) < 4.78 is 21.1. The molecule has 0 aromatic heterocycles. The molecule has 33 heavy (non-hydrogen) atoms. The van der Waals surface area contributed by atoms with Crippen molar-refractivity contribution in [2.75, 3.05) is 39.1 Å². The van der Waals surface area contributed by atoms with Crippen molar-refractivity contribution < 1.29 is 38.4 Å². The summed E-state index contributed by atoms with van der Waals surface area (Å²) in [5.41, 5.74) is 1.17. The van der Waals surface area contributed by atoms with E-state index in [1.807, 2.05) is 0 Å². The van der Waals surface area contributed by atoms with Crippen LogP contribution >= 0.6 is 0 Å². The van der Waals surface area contributed by atoms with Gasteiger partial charge in [-0.2, -0.15) is 0 Å². The summed E-state index contributed by atoms with van der Waals surface area (Å²) in [4.78, 5) is 34.9. The van der Waals surface area contributed by atoms with Gasteiger partial charge in [0.2, 0.25) is 11.8 Å². The molecule has 3 N–H and O–H groups in total. The second kappa shape index (κ2) is 11.8. The molecule has 0 unspecified atom stereocenters. The smallest absolute Gasteiger partial charge is 0.328 e. The maximum atomic E-state index is 12.5. The van der Waals surface area contributed by atoms with E-state index in [4.69, 9.17) is 24.1 Å². The Morgan fingerprint density at radius 3 is 1.91 bits per heavy atom. The maximum absolute atomic E-state index is 12.5. The van der Waals surface area contributed by atoms with Gasteiger partial charge in [0.1, 0.15) is 23.0 Å². The number of aliphatic carboxylic acids is 1. The first-order valence-corrected chi connectivity index (χ1v) is 9.50. The van der Waals surface area contributed by atoms with Crippen molar-refractivity contribution in [3.05, 3.63) is 54.1 Å². The minimum absolute atomic E-state index is 0.248. The first-order valence-electron chi connectivity index (χ1n) is 9.50. The van der Waals surface area contributed by atoms with E-state index in [0.29, 0.717) is 40.3 Å². The molecule has 0 spiro atoms. The summed E-state index contributed by atoms with van der Waals surface area (Å²) in [5.74, 6) is -0.598. The molecule has 0 bridgehead atoms. The predicted molar refractivity (Wildman–Crippen MR) is 122 cm³/mol. The molecule has 0 saturated heterocycles. The van der Waals surface area contributed by atoms with Crippen molar-refractivity contribution in [1.29, 1.82) is 0 Å². The van der Waals surface area contributed by atoms with Crippen molar-refractivity contribution >= 4 is 35.2 Å². The van der Waals surface area contributed by atoms with Crippen LogP contribution in [0.3, 0.4) is 0 Å². The number of carbonyl (C=O) groups is 3. The van der Waals surface area contributed by atoms with Gasteiger partial charge in [0.05, 0.1) is 39.7 Å². The maximum Gasteiger partial charge on any atom is 0.328 e. The van der Waals surface area contributed by atoms with Crippen LogP contribution in [0.4, 0.5) is 11.4 Å². The zero-order valence-electron chi connectivity index (χ0n) is 18.5. The monoisotopic (exact) mass is 456 g/mol. The average molecular weight is 456 g/mol. The molecule has 174 valence electrons. The Bertz CT molecular complexity index is 1070. The lowest BCUT2D eigenvalue weighted by atomic mass is 10.1. The Balaban J connectivity index is 2.21. The number of benzene rings is 2. The first kappa shape index (κ1) is 24.8. The summed E-state index contributed by atoms with van der Waals surface area (Å²) in [6.45, 7) is 0. The summed E-state index contributed by atoms with van der Waals surface area (Å²) in [6, 6.07) is 7.94. The molecule has 10 heteroatoms. The van der Waals surface area contributed by atoms with Crippen LogP contribution < -0.4 is 29.6 Å². The molecule has 0 heterocycles. The van der Waals surface area contributed by atoms with E-state index in [2.05, 4.69) is 10.6 Å². The molecule has 0 saturated carbocycles. The highest BCUT2D eigenvalue weighted by atomic mass is 16.5. The fraction of sp³-hybridized carbons (Fsp3) is 0.174. The van der Waals surface area contributed by atoms with E-state index in [1.165, 1.54) is 46.7 Å². The largest absolute Gasteiger partial charge is 0.496 e. The third-order valence-corrected chi connectivity index (χ3v) is 4.26. The van der Waals surface area contributed by atoms with Crippen LogP contribution in [0.25, 0.3) is 6.08 Å². The number of carboxylic acid groups (broad SMARTS) is 1. The Morgan fingerprint density at radius 2 is 1.36 bits per heavy atom. The van der Waals surface area contributed by atoms with Crippen molar-refractivity contribution in [1.82, 2.24) is 0 Å². The minimum Gasteiger partial charge on any atom is -0.496 e. The number of hydrogen-bond donors (Lipinski definition) is 3. The van der Waals surface area contributed by atoms with Crippen LogP contribution in [0.1, 0.15) is 5.56 Å². The predicted octanol–water partition coefficient (Wildman–Crippen LogP) is 2.95. The van der Waals surface area contributed by atoms with Gasteiger partial charge in [0.25, 0.3) is 0 Å². The SMILES string of the molecule is COc1cc(OC)c(/C=C/C(=O)Nc2ccc(OC)c(NC(=O)/C=C\C(=O)O)c2)c(OC)c1. The summed E-state index contributed by atoms with van der Waals surface area (Å²) >= 11 is 0. The molecule has 10 nitrogen and oxygen atoms in total. The number of amides is 2.